The lowest BCUT2D eigenvalue weighted by molar-refractivity contribution is -0.140. The van der Waals surface area contributed by atoms with Crippen LogP contribution in [0.4, 0.5) is 0 Å². The van der Waals surface area contributed by atoms with Gasteiger partial charge in [-0.2, -0.15) is 4.31 Å². The predicted molar refractivity (Wildman–Crippen MR) is 79.4 cm³/mol. The van der Waals surface area contributed by atoms with E-state index in [2.05, 4.69) is 31.9 Å². The van der Waals surface area contributed by atoms with Crippen molar-refractivity contribution >= 4 is 47.9 Å². The van der Waals surface area contributed by atoms with Crippen molar-refractivity contribution in [1.82, 2.24) is 4.31 Å². The van der Waals surface area contributed by atoms with E-state index in [1.807, 2.05) is 0 Å². The number of benzene rings is 1. The number of hydrogen-bond donors (Lipinski definition) is 3. The Kier molecular flexibility index (Phi) is 4.64. The molecule has 2 rings (SSSR count). The fourth-order valence-corrected chi connectivity index (χ4v) is 5.41. The van der Waals surface area contributed by atoms with Crippen LogP contribution in [0, 0.1) is 0 Å². The molecule has 1 aliphatic rings. The molecular formula is C11H11Br2NO6S. The second-order valence-corrected chi connectivity index (χ2v) is 8.18. The summed E-state index contributed by atoms with van der Waals surface area (Å²) in [5, 5.41) is 28.6. The highest BCUT2D eigenvalue weighted by Crippen LogP contribution is 2.37. The van der Waals surface area contributed by atoms with Gasteiger partial charge >= 0.3 is 5.97 Å². The number of aliphatic carboxylic acids is 1. The SMILES string of the molecule is O=C(O)[C@@H]1C[C@@H](O)CN1S(=O)(=O)c1cc(Br)cc(Br)c1O. The van der Waals surface area contributed by atoms with Crippen LogP contribution >= 0.6 is 31.9 Å². The van der Waals surface area contributed by atoms with Crippen LogP contribution in [0.15, 0.2) is 26.0 Å². The van der Waals surface area contributed by atoms with Crippen molar-refractivity contribution in [2.24, 2.45) is 0 Å². The van der Waals surface area contributed by atoms with Gasteiger partial charge in [-0.25, -0.2) is 8.42 Å². The van der Waals surface area contributed by atoms with E-state index in [9.17, 15) is 23.4 Å². The minimum absolute atomic E-state index is 0.155. The molecule has 0 spiro atoms. The van der Waals surface area contributed by atoms with Gasteiger partial charge in [-0.05, 0) is 28.1 Å². The summed E-state index contributed by atoms with van der Waals surface area (Å²) in [6, 6.07) is 1.28. The van der Waals surface area contributed by atoms with Crippen LogP contribution in [0.1, 0.15) is 6.42 Å². The summed E-state index contributed by atoms with van der Waals surface area (Å²) in [6.45, 7) is -0.330. The number of aliphatic hydroxyl groups excluding tert-OH is 1. The third-order valence-corrected chi connectivity index (χ3v) is 6.05. The van der Waals surface area contributed by atoms with E-state index in [-0.39, 0.29) is 17.4 Å². The topological polar surface area (TPSA) is 115 Å². The maximum Gasteiger partial charge on any atom is 0.322 e. The third-order valence-electron chi connectivity index (χ3n) is 3.10. The monoisotopic (exact) mass is 443 g/mol. The number of carbonyl (C=O) groups is 1. The fourth-order valence-electron chi connectivity index (χ4n) is 2.14. The van der Waals surface area contributed by atoms with Gasteiger partial charge in [-0.3, -0.25) is 4.79 Å². The molecule has 21 heavy (non-hydrogen) atoms. The highest BCUT2D eigenvalue weighted by Gasteiger charge is 2.44. The molecule has 1 saturated heterocycles. The Morgan fingerprint density at radius 1 is 1.33 bits per heavy atom. The molecule has 0 unspecified atom stereocenters. The molecule has 7 nitrogen and oxygen atoms in total. The molecule has 0 saturated carbocycles. The van der Waals surface area contributed by atoms with Crippen molar-refractivity contribution in [3.63, 3.8) is 0 Å². The van der Waals surface area contributed by atoms with Gasteiger partial charge in [-0.15, -0.1) is 0 Å². The van der Waals surface area contributed by atoms with Crippen molar-refractivity contribution in [3.05, 3.63) is 21.1 Å². The quantitative estimate of drug-likeness (QED) is 0.643. The lowest BCUT2D eigenvalue weighted by Gasteiger charge is -2.21. The third kappa shape index (κ3) is 3.09. The van der Waals surface area contributed by atoms with Crippen LogP contribution in [-0.4, -0.2) is 52.7 Å². The first-order valence-corrected chi connectivity index (χ1v) is 8.78. The van der Waals surface area contributed by atoms with Gasteiger partial charge < -0.3 is 15.3 Å². The molecule has 0 aromatic heterocycles. The summed E-state index contributed by atoms with van der Waals surface area (Å²) < 4.78 is 26.4. The first-order valence-electron chi connectivity index (χ1n) is 5.75. The number of aromatic hydroxyl groups is 1. The zero-order valence-corrected chi connectivity index (χ0v) is 14.4. The van der Waals surface area contributed by atoms with E-state index in [1.165, 1.54) is 12.1 Å². The van der Waals surface area contributed by atoms with Gasteiger partial charge in [0.1, 0.15) is 16.7 Å². The van der Waals surface area contributed by atoms with Crippen LogP contribution in [0.3, 0.4) is 0 Å². The lowest BCUT2D eigenvalue weighted by Crippen LogP contribution is -2.40. The van der Waals surface area contributed by atoms with E-state index >= 15 is 0 Å². The molecule has 0 radical (unpaired) electrons. The molecule has 1 aliphatic heterocycles. The standard InChI is InChI=1S/C11H11Br2NO6S/c12-5-1-7(13)10(16)9(2-5)21(19,20)14-4-6(15)3-8(14)11(17)18/h1-2,6,8,15-16H,3-4H2,(H,17,18)/t6-,8+/m1/s1. The minimum Gasteiger partial charge on any atom is -0.505 e. The Labute approximate surface area is 137 Å². The summed E-state index contributed by atoms with van der Waals surface area (Å²) in [5.41, 5.74) is 0. The number of phenols is 1. The molecule has 1 heterocycles. The molecule has 1 fully saturated rings. The molecule has 0 bridgehead atoms. The molecule has 1 aromatic rings. The highest BCUT2D eigenvalue weighted by atomic mass is 79.9. The summed E-state index contributed by atoms with van der Waals surface area (Å²) in [4.78, 5) is 10.7. The average Bonchev–Trinajstić information content (AvgIpc) is 2.76. The van der Waals surface area contributed by atoms with Crippen molar-refractivity contribution < 1.29 is 28.5 Å². The average molecular weight is 445 g/mol. The van der Waals surface area contributed by atoms with Crippen LogP contribution in [0.25, 0.3) is 0 Å². The largest absolute Gasteiger partial charge is 0.505 e. The van der Waals surface area contributed by atoms with Gasteiger partial charge in [0.05, 0.1) is 10.6 Å². The lowest BCUT2D eigenvalue weighted by atomic mass is 10.2. The van der Waals surface area contributed by atoms with E-state index < -0.39 is 38.8 Å². The summed E-state index contributed by atoms with van der Waals surface area (Å²) >= 11 is 6.14. The summed E-state index contributed by atoms with van der Waals surface area (Å²) in [6.07, 6.45) is -1.25. The van der Waals surface area contributed by atoms with Crippen molar-refractivity contribution in [1.29, 1.82) is 0 Å². The highest BCUT2D eigenvalue weighted by molar-refractivity contribution is 9.11. The van der Waals surface area contributed by atoms with E-state index in [1.54, 1.807) is 0 Å². The van der Waals surface area contributed by atoms with Crippen LogP contribution in [0.5, 0.6) is 5.75 Å². The first-order chi connectivity index (χ1) is 9.64. The first kappa shape index (κ1) is 16.7. The van der Waals surface area contributed by atoms with Gasteiger partial charge in [0.2, 0.25) is 10.0 Å². The van der Waals surface area contributed by atoms with Gasteiger partial charge in [0, 0.05) is 17.4 Å². The van der Waals surface area contributed by atoms with Crippen LogP contribution < -0.4 is 0 Å². The van der Waals surface area contributed by atoms with E-state index in [0.717, 1.165) is 0 Å². The number of nitrogens with zero attached hydrogens (tertiary/aromatic N) is 1. The Morgan fingerprint density at radius 3 is 2.52 bits per heavy atom. The zero-order chi connectivity index (χ0) is 15.9. The van der Waals surface area contributed by atoms with E-state index in [4.69, 9.17) is 5.11 Å². The number of halogens is 2. The Balaban J connectivity index is 2.54. The number of aliphatic hydroxyl groups is 1. The predicted octanol–water partition coefficient (Wildman–Crippen LogP) is 1.13. The zero-order valence-electron chi connectivity index (χ0n) is 10.4. The molecule has 0 aliphatic carbocycles. The molecule has 0 amide bonds. The number of sulfonamides is 1. The number of carboxylic acids is 1. The Bertz CT molecular complexity index is 692. The molecular weight excluding hydrogens is 434 g/mol. The van der Waals surface area contributed by atoms with E-state index in [0.29, 0.717) is 8.78 Å². The molecule has 1 aromatic carbocycles. The van der Waals surface area contributed by atoms with Crippen molar-refractivity contribution in [3.8, 4) is 5.75 Å². The number of rotatable bonds is 3. The maximum absolute atomic E-state index is 12.6. The number of carboxylic acid groups (broad SMARTS) is 1. The Morgan fingerprint density at radius 2 is 1.95 bits per heavy atom. The maximum atomic E-state index is 12.6. The second kappa shape index (κ2) is 5.84. The smallest absolute Gasteiger partial charge is 0.322 e. The Hall–Kier alpha value is -0.680. The van der Waals surface area contributed by atoms with Crippen LogP contribution in [0.2, 0.25) is 0 Å². The van der Waals surface area contributed by atoms with Gasteiger partial charge in [0.25, 0.3) is 0 Å². The second-order valence-electron chi connectivity index (χ2n) is 4.55. The van der Waals surface area contributed by atoms with Crippen molar-refractivity contribution in [2.75, 3.05) is 6.54 Å². The number of hydrogen-bond acceptors (Lipinski definition) is 5. The summed E-state index contributed by atoms with van der Waals surface area (Å²) in [5.74, 6) is -1.85. The molecule has 10 heteroatoms. The molecule has 116 valence electrons. The summed E-state index contributed by atoms with van der Waals surface area (Å²) in [7, 11) is -4.26. The number of phenolic OH excluding ortho intramolecular Hbond substituents is 1. The van der Waals surface area contributed by atoms with Gasteiger partial charge in [-0.1, -0.05) is 15.9 Å². The molecule has 2 atom stereocenters. The number of β-amino-alcohol motifs (C(OH)–C–C–N with tert-alkyl or cyclic N) is 1. The van der Waals surface area contributed by atoms with Crippen LogP contribution in [-0.2, 0) is 14.8 Å². The molecule has 3 N–H and O–H groups in total. The minimum atomic E-state index is -4.26. The van der Waals surface area contributed by atoms with Gasteiger partial charge in [0.15, 0.2) is 0 Å². The fraction of sp³-hybridized carbons (Fsp3) is 0.364. The van der Waals surface area contributed by atoms with Crippen molar-refractivity contribution in [2.45, 2.75) is 23.5 Å². The normalized spacial score (nSPS) is 23.4.